The monoisotopic (exact) mass is 584 g/mol. The number of para-hydroxylation sites is 1. The molecule has 0 N–H and O–H groups in total. The zero-order valence-electron chi connectivity index (χ0n) is 25.1. The van der Waals surface area contributed by atoms with Gasteiger partial charge in [-0.1, -0.05) is 158 Å². The van der Waals surface area contributed by atoms with E-state index in [2.05, 4.69) is 164 Å². The van der Waals surface area contributed by atoms with Crippen molar-refractivity contribution in [3.63, 3.8) is 0 Å². The number of fused-ring (bicyclic) bond motifs is 7. The standard InChI is InChI=1S/C45H28O/c1-2-13-32(14-3-1)45(40-19-8-6-16-36(40)39-28-23-29-11-4-5-15-34(29)43(39)45)33-25-21-30(22-26-33)35-27-24-31-12-10-18-38-37-17-7-9-20-41(37)46-44(35)42(31)38/h1-28H. The fraction of sp³-hybridized carbons (Fsp3) is 0.0222. The van der Waals surface area contributed by atoms with Gasteiger partial charge in [-0.05, 0) is 72.8 Å². The maximum Gasteiger partial charge on any atom is 0.143 e. The van der Waals surface area contributed by atoms with Crippen molar-refractivity contribution in [1.82, 2.24) is 0 Å². The van der Waals surface area contributed by atoms with Crippen LogP contribution in [0.15, 0.2) is 170 Å². The quantitative estimate of drug-likeness (QED) is 0.201. The molecular formula is C45H28O. The fourth-order valence-corrected chi connectivity index (χ4v) is 8.23. The molecule has 0 bridgehead atoms. The summed E-state index contributed by atoms with van der Waals surface area (Å²) in [7, 11) is 0. The molecule has 0 fully saturated rings. The molecule has 46 heavy (non-hydrogen) atoms. The van der Waals surface area contributed by atoms with Crippen molar-refractivity contribution < 1.29 is 4.74 Å². The van der Waals surface area contributed by atoms with Crippen LogP contribution < -0.4 is 4.74 Å². The summed E-state index contributed by atoms with van der Waals surface area (Å²) in [5.41, 5.74) is 12.0. The average Bonchev–Trinajstić information content (AvgIpc) is 3.44. The normalized spacial score (nSPS) is 15.7. The van der Waals surface area contributed by atoms with E-state index in [1.165, 1.54) is 60.5 Å². The highest BCUT2D eigenvalue weighted by Crippen LogP contribution is 2.58. The van der Waals surface area contributed by atoms with Crippen molar-refractivity contribution in [2.75, 3.05) is 0 Å². The van der Waals surface area contributed by atoms with E-state index in [0.717, 1.165) is 28.2 Å². The van der Waals surface area contributed by atoms with Crippen molar-refractivity contribution in [1.29, 1.82) is 0 Å². The summed E-state index contributed by atoms with van der Waals surface area (Å²) in [6, 6.07) is 62.0. The lowest BCUT2D eigenvalue weighted by Crippen LogP contribution is -2.28. The highest BCUT2D eigenvalue weighted by molar-refractivity contribution is 6.07. The molecule has 0 saturated carbocycles. The Morgan fingerprint density at radius 1 is 0.391 bits per heavy atom. The van der Waals surface area contributed by atoms with Crippen molar-refractivity contribution in [2.24, 2.45) is 0 Å². The summed E-state index contributed by atoms with van der Waals surface area (Å²) in [4.78, 5) is 0. The molecule has 1 aliphatic heterocycles. The second-order valence-electron chi connectivity index (χ2n) is 12.4. The van der Waals surface area contributed by atoms with Gasteiger partial charge in [0.25, 0.3) is 0 Å². The summed E-state index contributed by atoms with van der Waals surface area (Å²) >= 11 is 0. The highest BCUT2D eigenvalue weighted by Gasteiger charge is 2.47. The number of benzene rings is 8. The molecule has 8 aromatic rings. The van der Waals surface area contributed by atoms with Crippen molar-refractivity contribution in [3.8, 4) is 44.9 Å². The van der Waals surface area contributed by atoms with Crippen molar-refractivity contribution in [2.45, 2.75) is 5.41 Å². The Hall–Kier alpha value is -5.92. The van der Waals surface area contributed by atoms with E-state index in [4.69, 9.17) is 4.74 Å². The van der Waals surface area contributed by atoms with Crippen LogP contribution >= 0.6 is 0 Å². The SMILES string of the molecule is c1ccc(C2(c3ccc(-c4ccc5cccc6c5c4Oc4ccccc4-6)cc3)c3ccccc3-c3ccc4ccccc4c32)cc1. The summed E-state index contributed by atoms with van der Waals surface area (Å²) in [6.45, 7) is 0. The predicted octanol–water partition coefficient (Wildman–Crippen LogP) is 11.8. The second-order valence-corrected chi connectivity index (χ2v) is 12.4. The number of hydrogen-bond acceptors (Lipinski definition) is 1. The van der Waals surface area contributed by atoms with Crippen LogP contribution in [0.5, 0.6) is 11.5 Å². The van der Waals surface area contributed by atoms with Crippen LogP contribution in [0.4, 0.5) is 0 Å². The molecular weight excluding hydrogens is 556 g/mol. The van der Waals surface area contributed by atoms with Gasteiger partial charge in [0, 0.05) is 16.5 Å². The van der Waals surface area contributed by atoms with Crippen LogP contribution in [-0.4, -0.2) is 0 Å². The van der Waals surface area contributed by atoms with Crippen LogP contribution in [0.25, 0.3) is 54.9 Å². The first-order chi connectivity index (χ1) is 22.8. The Kier molecular flexibility index (Phi) is 5.27. The molecule has 0 spiro atoms. The van der Waals surface area contributed by atoms with Crippen LogP contribution in [0, 0.1) is 0 Å². The fourth-order valence-electron chi connectivity index (χ4n) is 8.23. The molecule has 8 aromatic carbocycles. The van der Waals surface area contributed by atoms with Gasteiger partial charge in [0.1, 0.15) is 11.5 Å². The Labute approximate surface area is 268 Å². The third-order valence-electron chi connectivity index (χ3n) is 10.1. The van der Waals surface area contributed by atoms with E-state index < -0.39 is 5.41 Å². The zero-order chi connectivity index (χ0) is 30.2. The molecule has 214 valence electrons. The van der Waals surface area contributed by atoms with Gasteiger partial charge in [0.2, 0.25) is 0 Å². The molecule has 0 radical (unpaired) electrons. The topological polar surface area (TPSA) is 9.23 Å². The summed E-state index contributed by atoms with van der Waals surface area (Å²) < 4.78 is 6.70. The molecule has 2 aliphatic rings. The third kappa shape index (κ3) is 3.35. The summed E-state index contributed by atoms with van der Waals surface area (Å²) in [6.07, 6.45) is 0. The molecule has 1 heteroatoms. The largest absolute Gasteiger partial charge is 0.455 e. The maximum absolute atomic E-state index is 6.70. The average molecular weight is 585 g/mol. The Balaban J connectivity index is 1.23. The van der Waals surface area contributed by atoms with Gasteiger partial charge < -0.3 is 4.74 Å². The van der Waals surface area contributed by atoms with E-state index in [0.29, 0.717) is 0 Å². The first-order valence-corrected chi connectivity index (χ1v) is 15.9. The molecule has 1 atom stereocenters. The van der Waals surface area contributed by atoms with Gasteiger partial charge in [-0.3, -0.25) is 0 Å². The van der Waals surface area contributed by atoms with E-state index in [1.807, 2.05) is 6.07 Å². The van der Waals surface area contributed by atoms with Crippen LogP contribution in [0.2, 0.25) is 0 Å². The minimum Gasteiger partial charge on any atom is -0.455 e. The maximum atomic E-state index is 6.70. The molecule has 0 aromatic heterocycles. The molecule has 1 unspecified atom stereocenters. The van der Waals surface area contributed by atoms with Crippen molar-refractivity contribution >= 4 is 21.5 Å². The minimum absolute atomic E-state index is 0.465. The highest BCUT2D eigenvalue weighted by atomic mass is 16.5. The number of rotatable bonds is 3. The third-order valence-corrected chi connectivity index (χ3v) is 10.1. The number of hydrogen-bond donors (Lipinski definition) is 0. The first kappa shape index (κ1) is 25.4. The first-order valence-electron chi connectivity index (χ1n) is 15.9. The molecule has 1 heterocycles. The molecule has 1 nitrogen and oxygen atoms in total. The second kappa shape index (κ2) is 9.54. The van der Waals surface area contributed by atoms with Crippen LogP contribution in [-0.2, 0) is 5.41 Å². The smallest absolute Gasteiger partial charge is 0.143 e. The van der Waals surface area contributed by atoms with Gasteiger partial charge in [-0.15, -0.1) is 0 Å². The molecule has 1 aliphatic carbocycles. The van der Waals surface area contributed by atoms with Crippen LogP contribution in [0.1, 0.15) is 22.3 Å². The van der Waals surface area contributed by atoms with Gasteiger partial charge in [-0.2, -0.15) is 0 Å². The van der Waals surface area contributed by atoms with E-state index >= 15 is 0 Å². The van der Waals surface area contributed by atoms with Crippen molar-refractivity contribution in [3.05, 3.63) is 192 Å². The predicted molar refractivity (Wildman–Crippen MR) is 190 cm³/mol. The lowest BCUT2D eigenvalue weighted by Gasteiger charge is -2.35. The Bertz CT molecular complexity index is 2490. The molecule has 10 rings (SSSR count). The Morgan fingerprint density at radius 2 is 1.04 bits per heavy atom. The van der Waals surface area contributed by atoms with Crippen LogP contribution in [0.3, 0.4) is 0 Å². The zero-order valence-corrected chi connectivity index (χ0v) is 25.1. The van der Waals surface area contributed by atoms with E-state index in [9.17, 15) is 0 Å². The molecule has 0 amide bonds. The Morgan fingerprint density at radius 3 is 1.93 bits per heavy atom. The van der Waals surface area contributed by atoms with Gasteiger partial charge >= 0.3 is 0 Å². The van der Waals surface area contributed by atoms with E-state index in [-0.39, 0.29) is 0 Å². The lowest BCUT2D eigenvalue weighted by atomic mass is 9.66. The lowest BCUT2D eigenvalue weighted by molar-refractivity contribution is 0.489. The van der Waals surface area contributed by atoms with Gasteiger partial charge in [0.15, 0.2) is 0 Å². The molecule has 0 saturated heterocycles. The summed E-state index contributed by atoms with van der Waals surface area (Å²) in [5.74, 6) is 1.83. The van der Waals surface area contributed by atoms with Gasteiger partial charge in [0.05, 0.1) is 5.41 Å². The van der Waals surface area contributed by atoms with E-state index in [1.54, 1.807) is 0 Å². The number of ether oxygens (including phenoxy) is 1. The summed E-state index contributed by atoms with van der Waals surface area (Å²) in [5, 5.41) is 4.92. The minimum atomic E-state index is -0.465. The van der Waals surface area contributed by atoms with Gasteiger partial charge in [-0.25, -0.2) is 0 Å².